The van der Waals surface area contributed by atoms with Crippen molar-refractivity contribution < 1.29 is 4.79 Å². The minimum Gasteiger partial charge on any atom is -0.349 e. The van der Waals surface area contributed by atoms with Gasteiger partial charge in [-0.1, -0.05) is 50.6 Å². The lowest BCUT2D eigenvalue weighted by molar-refractivity contribution is -0.126. The van der Waals surface area contributed by atoms with E-state index in [1.807, 2.05) is 30.3 Å². The zero-order chi connectivity index (χ0) is 14.6. The van der Waals surface area contributed by atoms with Crippen LogP contribution in [0.1, 0.15) is 51.0 Å². The van der Waals surface area contributed by atoms with Crippen LogP contribution in [0, 0.1) is 5.92 Å². The van der Waals surface area contributed by atoms with Gasteiger partial charge in [-0.3, -0.25) is 4.79 Å². The number of hydrogen-bond acceptors (Lipinski definition) is 1. The number of nitrogens with one attached hydrogen (secondary N) is 1. The number of carbonyl (C=O) groups excluding carboxylic acids is 1. The lowest BCUT2D eigenvalue weighted by atomic mass is 9.77. The SMILES string of the molecule is CCC(C)C(C(=O)NC1(CCl)CCC1)c1ccccc1. The second-order valence-corrected chi connectivity index (χ2v) is 6.30. The van der Waals surface area contributed by atoms with Gasteiger partial charge in [-0.15, -0.1) is 11.6 Å². The number of alkyl halides is 1. The average molecular weight is 294 g/mol. The topological polar surface area (TPSA) is 29.1 Å². The molecule has 0 spiro atoms. The van der Waals surface area contributed by atoms with Gasteiger partial charge in [0.2, 0.25) is 5.91 Å². The van der Waals surface area contributed by atoms with Crippen molar-refractivity contribution in [3.05, 3.63) is 35.9 Å². The second-order valence-electron chi connectivity index (χ2n) is 6.03. The molecule has 3 heteroatoms. The molecule has 1 amide bonds. The second kappa shape index (κ2) is 6.62. The third kappa shape index (κ3) is 3.17. The fraction of sp³-hybridized carbons (Fsp3) is 0.588. The van der Waals surface area contributed by atoms with Crippen LogP contribution in [0.5, 0.6) is 0 Å². The van der Waals surface area contributed by atoms with Crippen molar-refractivity contribution in [1.82, 2.24) is 5.32 Å². The molecule has 2 rings (SSSR count). The largest absolute Gasteiger partial charge is 0.349 e. The molecule has 0 heterocycles. The minimum atomic E-state index is -0.154. The fourth-order valence-electron chi connectivity index (χ4n) is 2.87. The van der Waals surface area contributed by atoms with E-state index in [0.29, 0.717) is 11.8 Å². The lowest BCUT2D eigenvalue weighted by Gasteiger charge is -2.42. The van der Waals surface area contributed by atoms with Crippen LogP contribution in [0.2, 0.25) is 0 Å². The van der Waals surface area contributed by atoms with E-state index in [0.717, 1.165) is 31.2 Å². The maximum Gasteiger partial charge on any atom is 0.228 e. The monoisotopic (exact) mass is 293 g/mol. The summed E-state index contributed by atoms with van der Waals surface area (Å²) in [6, 6.07) is 10.1. The van der Waals surface area contributed by atoms with Crippen LogP contribution in [0.15, 0.2) is 30.3 Å². The number of carbonyl (C=O) groups is 1. The molecule has 1 saturated carbocycles. The average Bonchev–Trinajstić information content (AvgIpc) is 2.44. The van der Waals surface area contributed by atoms with Crippen LogP contribution in [0.25, 0.3) is 0 Å². The van der Waals surface area contributed by atoms with E-state index in [2.05, 4.69) is 19.2 Å². The predicted octanol–water partition coefficient (Wildman–Crippen LogP) is 4.09. The summed E-state index contributed by atoms with van der Waals surface area (Å²) >= 11 is 6.05. The van der Waals surface area contributed by atoms with Crippen molar-refractivity contribution in [2.45, 2.75) is 51.0 Å². The summed E-state index contributed by atoms with van der Waals surface area (Å²) in [6.45, 7) is 4.28. The number of hydrogen-bond donors (Lipinski definition) is 1. The van der Waals surface area contributed by atoms with Gasteiger partial charge in [0.25, 0.3) is 0 Å². The number of halogens is 1. The molecule has 2 atom stereocenters. The zero-order valence-electron chi connectivity index (χ0n) is 12.4. The Balaban J connectivity index is 2.17. The van der Waals surface area contributed by atoms with Crippen LogP contribution in [-0.2, 0) is 4.79 Å². The van der Waals surface area contributed by atoms with Crippen molar-refractivity contribution in [3.63, 3.8) is 0 Å². The fourth-order valence-corrected chi connectivity index (χ4v) is 3.20. The zero-order valence-corrected chi connectivity index (χ0v) is 13.1. The highest BCUT2D eigenvalue weighted by atomic mass is 35.5. The maximum atomic E-state index is 12.7. The van der Waals surface area contributed by atoms with Gasteiger partial charge in [-0.05, 0) is 30.7 Å². The molecule has 2 unspecified atom stereocenters. The molecular weight excluding hydrogens is 270 g/mol. The Hall–Kier alpha value is -1.02. The van der Waals surface area contributed by atoms with Crippen molar-refractivity contribution in [3.8, 4) is 0 Å². The maximum absolute atomic E-state index is 12.7. The summed E-state index contributed by atoms with van der Waals surface area (Å²) in [4.78, 5) is 12.7. The van der Waals surface area contributed by atoms with Gasteiger partial charge < -0.3 is 5.32 Å². The molecule has 1 aliphatic carbocycles. The number of benzene rings is 1. The highest BCUT2D eigenvalue weighted by molar-refractivity contribution is 6.19. The van der Waals surface area contributed by atoms with E-state index < -0.39 is 0 Å². The van der Waals surface area contributed by atoms with E-state index in [1.54, 1.807) is 0 Å². The molecule has 2 nitrogen and oxygen atoms in total. The molecule has 0 radical (unpaired) electrons. The van der Waals surface area contributed by atoms with Crippen molar-refractivity contribution in [2.75, 3.05) is 5.88 Å². The van der Waals surface area contributed by atoms with Crippen molar-refractivity contribution >= 4 is 17.5 Å². The molecule has 20 heavy (non-hydrogen) atoms. The van der Waals surface area contributed by atoms with E-state index in [9.17, 15) is 4.79 Å². The lowest BCUT2D eigenvalue weighted by Crippen LogP contribution is -2.56. The normalized spacial score (nSPS) is 19.8. The van der Waals surface area contributed by atoms with E-state index in [-0.39, 0.29) is 17.4 Å². The van der Waals surface area contributed by atoms with Gasteiger partial charge in [-0.2, -0.15) is 0 Å². The highest BCUT2D eigenvalue weighted by Gasteiger charge is 2.39. The van der Waals surface area contributed by atoms with Gasteiger partial charge in [0.15, 0.2) is 0 Å². The summed E-state index contributed by atoms with van der Waals surface area (Å²) < 4.78 is 0. The standard InChI is InChI=1S/C17H24ClNO/c1-3-13(2)15(14-8-5-4-6-9-14)16(20)19-17(12-18)10-7-11-17/h4-6,8-9,13,15H,3,7,10-12H2,1-2H3,(H,19,20). The van der Waals surface area contributed by atoms with Gasteiger partial charge in [-0.25, -0.2) is 0 Å². The third-order valence-corrected chi connectivity index (χ3v) is 5.12. The molecule has 1 fully saturated rings. The Bertz CT molecular complexity index is 436. The van der Waals surface area contributed by atoms with Crippen LogP contribution in [-0.4, -0.2) is 17.3 Å². The summed E-state index contributed by atoms with van der Waals surface area (Å²) in [5, 5.41) is 3.22. The van der Waals surface area contributed by atoms with Gasteiger partial charge in [0.1, 0.15) is 0 Å². The quantitative estimate of drug-likeness (QED) is 0.786. The molecule has 1 N–H and O–H groups in total. The Morgan fingerprint density at radius 1 is 1.35 bits per heavy atom. The molecule has 1 aliphatic rings. The van der Waals surface area contributed by atoms with Crippen molar-refractivity contribution in [2.24, 2.45) is 5.92 Å². The Morgan fingerprint density at radius 2 is 2.00 bits per heavy atom. The molecule has 1 aromatic rings. The van der Waals surface area contributed by atoms with Crippen LogP contribution >= 0.6 is 11.6 Å². The summed E-state index contributed by atoms with van der Waals surface area (Å²) in [6.07, 6.45) is 4.15. The summed E-state index contributed by atoms with van der Waals surface area (Å²) in [5.74, 6) is 0.887. The van der Waals surface area contributed by atoms with Crippen LogP contribution in [0.4, 0.5) is 0 Å². The van der Waals surface area contributed by atoms with Gasteiger partial charge in [0.05, 0.1) is 11.5 Å². The predicted molar refractivity (Wildman–Crippen MR) is 84.1 cm³/mol. The third-order valence-electron chi connectivity index (χ3n) is 4.61. The minimum absolute atomic E-state index is 0.0816. The molecular formula is C17H24ClNO. The first-order valence-electron chi connectivity index (χ1n) is 7.55. The highest BCUT2D eigenvalue weighted by Crippen LogP contribution is 2.35. The molecule has 110 valence electrons. The van der Waals surface area contributed by atoms with Crippen LogP contribution < -0.4 is 5.32 Å². The van der Waals surface area contributed by atoms with Crippen LogP contribution in [0.3, 0.4) is 0 Å². The van der Waals surface area contributed by atoms with Gasteiger partial charge >= 0.3 is 0 Å². The number of rotatable bonds is 6. The molecule has 0 bridgehead atoms. The first-order valence-corrected chi connectivity index (χ1v) is 8.08. The Labute approximate surface area is 126 Å². The van der Waals surface area contributed by atoms with E-state index >= 15 is 0 Å². The van der Waals surface area contributed by atoms with Gasteiger partial charge in [0, 0.05) is 5.88 Å². The first-order chi connectivity index (χ1) is 9.62. The summed E-state index contributed by atoms with van der Waals surface area (Å²) in [7, 11) is 0. The molecule has 0 aromatic heterocycles. The molecule has 1 aromatic carbocycles. The van der Waals surface area contributed by atoms with E-state index in [1.165, 1.54) is 0 Å². The number of amides is 1. The van der Waals surface area contributed by atoms with Crippen molar-refractivity contribution in [1.29, 1.82) is 0 Å². The first kappa shape index (κ1) is 15.4. The molecule has 0 saturated heterocycles. The Kier molecular flexibility index (Phi) is 5.09. The Morgan fingerprint density at radius 3 is 2.45 bits per heavy atom. The van der Waals surface area contributed by atoms with E-state index in [4.69, 9.17) is 11.6 Å². The molecule has 0 aliphatic heterocycles. The summed E-state index contributed by atoms with van der Waals surface area (Å²) in [5.41, 5.74) is 0.947. The smallest absolute Gasteiger partial charge is 0.228 e.